The van der Waals surface area contributed by atoms with Crippen molar-refractivity contribution < 1.29 is 13.9 Å². The second-order valence-electron chi connectivity index (χ2n) is 3.18. The van der Waals surface area contributed by atoms with Gasteiger partial charge in [-0.05, 0) is 19.1 Å². The number of amides is 1. The molecule has 0 aliphatic carbocycles. The van der Waals surface area contributed by atoms with Crippen molar-refractivity contribution in [3.05, 3.63) is 29.8 Å². The van der Waals surface area contributed by atoms with Crippen molar-refractivity contribution in [2.75, 3.05) is 13.7 Å². The minimum atomic E-state index is -0.665. The zero-order chi connectivity index (χ0) is 11.3. The molecule has 82 valence electrons. The summed E-state index contributed by atoms with van der Waals surface area (Å²) in [6.07, 6.45) is 0. The fraction of sp³-hybridized carbons (Fsp3) is 0.400. The Morgan fingerprint density at radius 3 is 3.00 bits per heavy atom. The topological polar surface area (TPSA) is 51.2 Å². The molecule has 1 rings (SSSR count). The molecule has 15 heavy (non-hydrogen) atoms. The fourth-order valence-corrected chi connectivity index (χ4v) is 1.12. The van der Waals surface area contributed by atoms with E-state index in [9.17, 15) is 9.18 Å². The summed E-state index contributed by atoms with van der Waals surface area (Å²) in [5.41, 5.74) is 0.0675. The predicted octanol–water partition coefficient (Wildman–Crippen LogP) is 0.985. The molecule has 1 atom stereocenters. The first-order chi connectivity index (χ1) is 7.13. The molecule has 0 saturated heterocycles. The number of ether oxygens (including phenoxy) is 1. The summed E-state index contributed by atoms with van der Waals surface area (Å²) in [5, 5.41) is 2.63. The molecule has 1 heterocycles. The van der Waals surface area contributed by atoms with E-state index in [4.69, 9.17) is 4.74 Å². The first-order valence-electron chi connectivity index (χ1n) is 4.56. The molecule has 0 spiro atoms. The number of halogens is 1. The van der Waals surface area contributed by atoms with Crippen molar-refractivity contribution in [3.8, 4) is 0 Å². The van der Waals surface area contributed by atoms with Gasteiger partial charge in [0, 0.05) is 13.2 Å². The molecule has 1 aromatic heterocycles. The quantitative estimate of drug-likeness (QED) is 0.757. The van der Waals surface area contributed by atoms with Gasteiger partial charge in [-0.2, -0.15) is 4.39 Å². The van der Waals surface area contributed by atoms with Crippen LogP contribution in [-0.2, 0) is 4.74 Å². The molecule has 1 aromatic rings. The van der Waals surface area contributed by atoms with Crippen LogP contribution in [0.2, 0.25) is 0 Å². The number of rotatable bonds is 4. The number of aromatic nitrogens is 1. The van der Waals surface area contributed by atoms with E-state index in [1.807, 2.05) is 0 Å². The Kier molecular flexibility index (Phi) is 4.17. The van der Waals surface area contributed by atoms with Crippen LogP contribution >= 0.6 is 0 Å². The van der Waals surface area contributed by atoms with Crippen LogP contribution in [0, 0.1) is 5.95 Å². The van der Waals surface area contributed by atoms with Gasteiger partial charge in [-0.1, -0.05) is 6.07 Å². The van der Waals surface area contributed by atoms with Crippen molar-refractivity contribution in [3.63, 3.8) is 0 Å². The Bertz CT molecular complexity index is 344. The van der Waals surface area contributed by atoms with Crippen molar-refractivity contribution in [1.82, 2.24) is 10.3 Å². The Labute approximate surface area is 87.5 Å². The molecule has 1 N–H and O–H groups in total. The zero-order valence-corrected chi connectivity index (χ0v) is 8.66. The molecule has 0 saturated carbocycles. The van der Waals surface area contributed by atoms with E-state index in [0.717, 1.165) is 0 Å². The third-order valence-corrected chi connectivity index (χ3v) is 1.74. The number of nitrogens with one attached hydrogen (secondary N) is 1. The molecular formula is C10H13FN2O2. The van der Waals surface area contributed by atoms with E-state index < -0.39 is 11.9 Å². The minimum absolute atomic E-state index is 0.0675. The van der Waals surface area contributed by atoms with Crippen LogP contribution in [0.1, 0.15) is 17.4 Å². The molecule has 0 fully saturated rings. The maximum atomic E-state index is 12.7. The summed E-state index contributed by atoms with van der Waals surface area (Å²) in [5.74, 6) is -1.07. The van der Waals surface area contributed by atoms with Gasteiger partial charge in [0.1, 0.15) is 5.69 Å². The highest BCUT2D eigenvalue weighted by Crippen LogP contribution is 1.98. The third-order valence-electron chi connectivity index (χ3n) is 1.74. The molecule has 4 nitrogen and oxygen atoms in total. The number of hydrogen-bond acceptors (Lipinski definition) is 3. The summed E-state index contributed by atoms with van der Waals surface area (Å²) in [4.78, 5) is 15.0. The molecule has 0 aromatic carbocycles. The SMILES string of the molecule is COCC(C)NC(=O)c1cccc(F)n1. The van der Waals surface area contributed by atoms with E-state index in [1.54, 1.807) is 14.0 Å². The van der Waals surface area contributed by atoms with Gasteiger partial charge in [-0.15, -0.1) is 0 Å². The molecule has 0 radical (unpaired) electrons. The average Bonchev–Trinajstić information content (AvgIpc) is 2.18. The third kappa shape index (κ3) is 3.63. The zero-order valence-electron chi connectivity index (χ0n) is 8.66. The van der Waals surface area contributed by atoms with Crippen LogP contribution in [0.5, 0.6) is 0 Å². The summed E-state index contributed by atoms with van der Waals surface area (Å²) >= 11 is 0. The largest absolute Gasteiger partial charge is 0.383 e. The van der Waals surface area contributed by atoms with Gasteiger partial charge in [0.15, 0.2) is 0 Å². The van der Waals surface area contributed by atoms with E-state index in [-0.39, 0.29) is 11.7 Å². The monoisotopic (exact) mass is 212 g/mol. The molecular weight excluding hydrogens is 199 g/mol. The summed E-state index contributed by atoms with van der Waals surface area (Å²) in [6.45, 7) is 2.20. The predicted molar refractivity (Wildman–Crippen MR) is 53.0 cm³/mol. The minimum Gasteiger partial charge on any atom is -0.383 e. The molecule has 0 bridgehead atoms. The Hall–Kier alpha value is -1.49. The number of nitrogens with zero attached hydrogens (tertiary/aromatic N) is 1. The summed E-state index contributed by atoms with van der Waals surface area (Å²) in [7, 11) is 1.54. The second kappa shape index (κ2) is 5.41. The van der Waals surface area contributed by atoms with Crippen molar-refractivity contribution in [2.24, 2.45) is 0 Å². The van der Waals surface area contributed by atoms with E-state index >= 15 is 0 Å². The lowest BCUT2D eigenvalue weighted by Crippen LogP contribution is -2.36. The molecule has 5 heteroatoms. The highest BCUT2D eigenvalue weighted by Gasteiger charge is 2.10. The second-order valence-corrected chi connectivity index (χ2v) is 3.18. The van der Waals surface area contributed by atoms with Crippen LogP contribution in [0.4, 0.5) is 4.39 Å². The Morgan fingerprint density at radius 2 is 2.40 bits per heavy atom. The normalized spacial score (nSPS) is 12.2. The molecule has 0 aliphatic heterocycles. The fourth-order valence-electron chi connectivity index (χ4n) is 1.12. The Balaban J connectivity index is 2.61. The number of pyridine rings is 1. The first kappa shape index (κ1) is 11.6. The van der Waals surface area contributed by atoms with Crippen molar-refractivity contribution >= 4 is 5.91 Å². The summed E-state index contributed by atoms with van der Waals surface area (Å²) < 4.78 is 17.6. The van der Waals surface area contributed by atoms with Crippen LogP contribution in [0.3, 0.4) is 0 Å². The van der Waals surface area contributed by atoms with Gasteiger partial charge < -0.3 is 10.1 Å². The van der Waals surface area contributed by atoms with Gasteiger partial charge in [0.25, 0.3) is 5.91 Å². The van der Waals surface area contributed by atoms with E-state index in [0.29, 0.717) is 6.61 Å². The number of methoxy groups -OCH3 is 1. The average molecular weight is 212 g/mol. The van der Waals surface area contributed by atoms with Crippen LogP contribution in [0.15, 0.2) is 18.2 Å². The number of hydrogen-bond donors (Lipinski definition) is 1. The van der Waals surface area contributed by atoms with Gasteiger partial charge in [0.05, 0.1) is 6.61 Å². The summed E-state index contributed by atoms with van der Waals surface area (Å²) in [6, 6.07) is 3.96. The number of carbonyl (C=O) groups is 1. The molecule has 0 aliphatic rings. The maximum absolute atomic E-state index is 12.7. The lowest BCUT2D eigenvalue weighted by molar-refractivity contribution is 0.0899. The van der Waals surface area contributed by atoms with E-state index in [1.165, 1.54) is 18.2 Å². The smallest absolute Gasteiger partial charge is 0.270 e. The standard InChI is InChI=1S/C10H13FN2O2/c1-7(6-15-2)12-10(14)8-4-3-5-9(11)13-8/h3-5,7H,6H2,1-2H3,(H,12,14). The van der Waals surface area contributed by atoms with Gasteiger partial charge in [0.2, 0.25) is 5.95 Å². The van der Waals surface area contributed by atoms with Crippen molar-refractivity contribution in [1.29, 1.82) is 0 Å². The first-order valence-corrected chi connectivity index (χ1v) is 4.56. The lowest BCUT2D eigenvalue weighted by atomic mass is 10.3. The highest BCUT2D eigenvalue weighted by molar-refractivity contribution is 5.92. The van der Waals surface area contributed by atoms with Crippen LogP contribution in [-0.4, -0.2) is 30.6 Å². The van der Waals surface area contributed by atoms with Crippen LogP contribution in [0.25, 0.3) is 0 Å². The van der Waals surface area contributed by atoms with E-state index in [2.05, 4.69) is 10.3 Å². The number of carbonyl (C=O) groups excluding carboxylic acids is 1. The van der Waals surface area contributed by atoms with Gasteiger partial charge >= 0.3 is 0 Å². The van der Waals surface area contributed by atoms with Gasteiger partial charge in [-0.25, -0.2) is 4.98 Å². The lowest BCUT2D eigenvalue weighted by Gasteiger charge is -2.11. The van der Waals surface area contributed by atoms with Crippen molar-refractivity contribution in [2.45, 2.75) is 13.0 Å². The molecule has 1 unspecified atom stereocenters. The highest BCUT2D eigenvalue weighted by atomic mass is 19.1. The van der Waals surface area contributed by atoms with Crippen LogP contribution < -0.4 is 5.32 Å². The Morgan fingerprint density at radius 1 is 1.67 bits per heavy atom. The molecule has 1 amide bonds. The van der Waals surface area contributed by atoms with Gasteiger partial charge in [-0.3, -0.25) is 4.79 Å². The maximum Gasteiger partial charge on any atom is 0.270 e.